The first-order valence-electron chi connectivity index (χ1n) is 12.5. The summed E-state index contributed by atoms with van der Waals surface area (Å²) in [5.41, 5.74) is 2.56. The van der Waals surface area contributed by atoms with Gasteiger partial charge >= 0.3 is 6.09 Å². The zero-order chi connectivity index (χ0) is 26.4. The van der Waals surface area contributed by atoms with Crippen molar-refractivity contribution in [2.24, 2.45) is 0 Å². The van der Waals surface area contributed by atoms with E-state index in [-0.39, 0.29) is 30.7 Å². The fraction of sp³-hybridized carbons (Fsp3) is 0.385. The fourth-order valence-electron chi connectivity index (χ4n) is 5.52. The molecular formula is C26H26FN5O5S. The molecule has 6 rings (SSSR count). The lowest BCUT2D eigenvalue weighted by Gasteiger charge is -2.29. The van der Waals surface area contributed by atoms with E-state index in [1.165, 1.54) is 24.0 Å². The Morgan fingerprint density at radius 2 is 2.05 bits per heavy atom. The third-order valence-corrected chi connectivity index (χ3v) is 8.34. The number of hydrogen-bond donors (Lipinski definition) is 2. The number of rotatable bonds is 8. The topological polar surface area (TPSA) is 117 Å². The van der Waals surface area contributed by atoms with Crippen LogP contribution < -0.4 is 15.8 Å². The third kappa shape index (κ3) is 4.42. The highest BCUT2D eigenvalue weighted by molar-refractivity contribution is 8.00. The predicted molar refractivity (Wildman–Crippen MR) is 140 cm³/mol. The largest absolute Gasteiger partial charge is 0.444 e. The molecule has 1 aromatic heterocycles. The number of thioether (sulfide) groups is 1. The van der Waals surface area contributed by atoms with Gasteiger partial charge in [0, 0.05) is 29.2 Å². The van der Waals surface area contributed by atoms with Crippen LogP contribution in [0, 0.1) is 5.82 Å². The molecule has 38 heavy (non-hydrogen) atoms. The van der Waals surface area contributed by atoms with Crippen LogP contribution in [0.1, 0.15) is 24.4 Å². The Morgan fingerprint density at radius 1 is 1.18 bits per heavy atom. The maximum atomic E-state index is 15.0. The molecule has 2 amide bonds. The standard InChI is InChI=1S/C26H26FN5O5S/c27-17-4-5-18-25-24(17)20(13-32(25)23(35)11-28-18)30(8-9-33)7-1-2-16-12-31(26(36)37-16)15-3-6-21-19(10-15)29-22(34)14-38-21/h3-6,10-11,16,20,33H,1-2,7-9,12-14H2,(H,29,34)/t16-,20-/m1/s1. The molecule has 0 saturated carbocycles. The molecule has 1 saturated heterocycles. The average Bonchev–Trinajstić information content (AvgIpc) is 3.49. The number of aliphatic hydroxyl groups is 1. The summed E-state index contributed by atoms with van der Waals surface area (Å²) in [7, 11) is 0. The molecular weight excluding hydrogens is 513 g/mol. The van der Waals surface area contributed by atoms with Gasteiger partial charge in [-0.2, -0.15) is 0 Å². The Balaban J connectivity index is 1.12. The van der Waals surface area contributed by atoms with Gasteiger partial charge < -0.3 is 19.7 Å². The maximum absolute atomic E-state index is 15.0. The highest BCUT2D eigenvalue weighted by Gasteiger charge is 2.35. The Hall–Kier alpha value is -3.48. The summed E-state index contributed by atoms with van der Waals surface area (Å²) in [6.07, 6.45) is 1.70. The molecule has 10 nitrogen and oxygen atoms in total. The zero-order valence-corrected chi connectivity index (χ0v) is 21.2. The van der Waals surface area contributed by atoms with Crippen LogP contribution in [0.3, 0.4) is 0 Å². The number of fused-ring (bicyclic) bond motifs is 1. The molecule has 2 atom stereocenters. The summed E-state index contributed by atoms with van der Waals surface area (Å²) < 4.78 is 22.1. The number of ether oxygens (including phenoxy) is 1. The van der Waals surface area contributed by atoms with E-state index in [1.54, 1.807) is 21.6 Å². The van der Waals surface area contributed by atoms with Crippen molar-refractivity contribution in [1.29, 1.82) is 0 Å². The Bertz CT molecular complexity index is 1500. The lowest BCUT2D eigenvalue weighted by Crippen LogP contribution is -2.34. The number of nitrogens with zero attached hydrogens (tertiary/aromatic N) is 4. The molecule has 4 heterocycles. The second-order valence-corrected chi connectivity index (χ2v) is 10.6. The molecule has 2 N–H and O–H groups in total. The molecule has 0 bridgehead atoms. The quantitative estimate of drug-likeness (QED) is 0.449. The number of aromatic nitrogens is 2. The molecule has 0 unspecified atom stereocenters. The van der Waals surface area contributed by atoms with Crippen LogP contribution in [-0.4, -0.2) is 69.7 Å². The van der Waals surface area contributed by atoms with Crippen molar-refractivity contribution in [3.8, 4) is 0 Å². The van der Waals surface area contributed by atoms with Crippen molar-refractivity contribution in [3.63, 3.8) is 0 Å². The van der Waals surface area contributed by atoms with Gasteiger partial charge in [-0.05, 0) is 49.7 Å². The number of amides is 2. The molecule has 0 aliphatic carbocycles. The predicted octanol–water partition coefficient (Wildman–Crippen LogP) is 2.73. The molecule has 12 heteroatoms. The molecule has 3 aromatic rings. The van der Waals surface area contributed by atoms with E-state index in [4.69, 9.17) is 4.74 Å². The van der Waals surface area contributed by atoms with Gasteiger partial charge in [-0.3, -0.25) is 19.4 Å². The van der Waals surface area contributed by atoms with E-state index < -0.39 is 18.0 Å². The number of hydrogen-bond acceptors (Lipinski definition) is 8. The van der Waals surface area contributed by atoms with Crippen molar-refractivity contribution >= 4 is 46.2 Å². The van der Waals surface area contributed by atoms with Crippen LogP contribution in [-0.2, 0) is 16.1 Å². The van der Waals surface area contributed by atoms with Crippen LogP contribution in [0.2, 0.25) is 0 Å². The first kappa shape index (κ1) is 24.8. The number of cyclic esters (lactones) is 1. The number of carbonyl (C=O) groups excluding carboxylic acids is 2. The van der Waals surface area contributed by atoms with Gasteiger partial charge in [0.1, 0.15) is 11.9 Å². The number of carbonyl (C=O) groups is 2. The van der Waals surface area contributed by atoms with Crippen molar-refractivity contribution in [1.82, 2.24) is 14.5 Å². The van der Waals surface area contributed by atoms with E-state index in [0.29, 0.717) is 66.2 Å². The lowest BCUT2D eigenvalue weighted by atomic mass is 10.0. The number of nitrogens with one attached hydrogen (secondary N) is 1. The molecule has 3 aliphatic heterocycles. The third-order valence-electron chi connectivity index (χ3n) is 7.26. The second-order valence-electron chi connectivity index (χ2n) is 9.59. The van der Waals surface area contributed by atoms with Crippen LogP contribution in [0.4, 0.5) is 20.6 Å². The summed E-state index contributed by atoms with van der Waals surface area (Å²) in [4.78, 5) is 45.4. The van der Waals surface area contributed by atoms with Gasteiger partial charge in [-0.1, -0.05) is 0 Å². The Kier molecular flexibility index (Phi) is 6.54. The van der Waals surface area contributed by atoms with Crippen molar-refractivity contribution < 1.29 is 23.8 Å². The molecule has 0 radical (unpaired) electrons. The van der Waals surface area contributed by atoms with Gasteiger partial charge in [-0.15, -0.1) is 11.8 Å². The maximum Gasteiger partial charge on any atom is 0.414 e. The number of halogens is 1. The molecule has 2 aromatic carbocycles. The highest BCUT2D eigenvalue weighted by Crippen LogP contribution is 2.37. The van der Waals surface area contributed by atoms with Gasteiger partial charge in [0.05, 0.1) is 47.9 Å². The van der Waals surface area contributed by atoms with Crippen LogP contribution >= 0.6 is 11.8 Å². The SMILES string of the molecule is O=C1CSc2ccc(N3C[C@@H](CCCN(CCO)[C@@H]4Cn5c(=O)cnc6ccc(F)c4c65)OC3=O)cc2N1. The summed E-state index contributed by atoms with van der Waals surface area (Å²) in [5.74, 6) is -0.101. The summed E-state index contributed by atoms with van der Waals surface area (Å²) in [5, 5.41) is 12.6. The minimum Gasteiger partial charge on any atom is -0.444 e. The van der Waals surface area contributed by atoms with E-state index in [1.807, 2.05) is 17.0 Å². The van der Waals surface area contributed by atoms with Crippen LogP contribution in [0.25, 0.3) is 11.0 Å². The van der Waals surface area contributed by atoms with Crippen LogP contribution in [0.15, 0.2) is 46.2 Å². The first-order valence-corrected chi connectivity index (χ1v) is 13.5. The zero-order valence-electron chi connectivity index (χ0n) is 20.4. The van der Waals surface area contributed by atoms with Crippen LogP contribution in [0.5, 0.6) is 0 Å². The smallest absolute Gasteiger partial charge is 0.414 e. The molecule has 3 aliphatic rings. The fourth-order valence-corrected chi connectivity index (χ4v) is 6.31. The molecule has 198 valence electrons. The summed E-state index contributed by atoms with van der Waals surface area (Å²) >= 11 is 1.46. The highest BCUT2D eigenvalue weighted by atomic mass is 32.2. The minimum atomic E-state index is -0.441. The lowest BCUT2D eigenvalue weighted by molar-refractivity contribution is -0.113. The van der Waals surface area contributed by atoms with Gasteiger partial charge in [0.2, 0.25) is 5.91 Å². The normalized spacial score (nSPS) is 20.2. The van der Waals surface area contributed by atoms with Crippen molar-refractivity contribution in [2.45, 2.75) is 36.4 Å². The minimum absolute atomic E-state index is 0.0726. The van der Waals surface area contributed by atoms with E-state index >= 15 is 0 Å². The van der Waals surface area contributed by atoms with Gasteiger partial charge in [0.15, 0.2) is 0 Å². The number of benzene rings is 2. The summed E-state index contributed by atoms with van der Waals surface area (Å²) in [6.45, 7) is 1.38. The monoisotopic (exact) mass is 539 g/mol. The Morgan fingerprint density at radius 3 is 2.89 bits per heavy atom. The van der Waals surface area contributed by atoms with Gasteiger partial charge in [0.25, 0.3) is 5.56 Å². The Labute approximate surface area is 221 Å². The van der Waals surface area contributed by atoms with E-state index in [2.05, 4.69) is 10.3 Å². The van der Waals surface area contributed by atoms with Crippen molar-refractivity contribution in [3.05, 3.63) is 58.3 Å². The second kappa shape index (κ2) is 10.0. The molecule has 1 fully saturated rings. The van der Waals surface area contributed by atoms with E-state index in [9.17, 15) is 23.9 Å². The average molecular weight is 540 g/mol. The first-order chi connectivity index (χ1) is 18.4. The van der Waals surface area contributed by atoms with Crippen molar-refractivity contribution in [2.75, 3.05) is 42.2 Å². The van der Waals surface area contributed by atoms with Gasteiger partial charge in [-0.25, -0.2) is 14.2 Å². The van der Waals surface area contributed by atoms with E-state index in [0.717, 1.165) is 4.90 Å². The number of anilines is 2. The number of aliphatic hydroxyl groups excluding tert-OH is 1. The summed E-state index contributed by atoms with van der Waals surface area (Å²) in [6, 6.07) is 8.05. The molecule has 0 spiro atoms.